The van der Waals surface area contributed by atoms with E-state index in [2.05, 4.69) is 18.7 Å². The first-order chi connectivity index (χ1) is 14.7. The van der Waals surface area contributed by atoms with E-state index in [0.717, 1.165) is 29.0 Å². The molecule has 166 valence electrons. The highest BCUT2D eigenvalue weighted by Crippen LogP contribution is 2.26. The van der Waals surface area contributed by atoms with Crippen LogP contribution in [0.25, 0.3) is 11.2 Å². The van der Waals surface area contributed by atoms with Crippen molar-refractivity contribution < 1.29 is 0 Å². The molecule has 0 bridgehead atoms. The summed E-state index contributed by atoms with van der Waals surface area (Å²) in [4.78, 5) is 32.7. The Bertz CT molecular complexity index is 1250. The summed E-state index contributed by atoms with van der Waals surface area (Å²) < 4.78 is 4.45. The van der Waals surface area contributed by atoms with Gasteiger partial charge in [0.1, 0.15) is 5.82 Å². The SMILES string of the molecule is CC1CC(C)CN(Cc2nc3c(c(=O)n(C)c(=O)n3C)n2Cc2ccc(Cl)cc2Cl)C1. The number of hydrogen-bond donors (Lipinski definition) is 0. The minimum absolute atomic E-state index is 0.359. The van der Waals surface area contributed by atoms with Gasteiger partial charge in [-0.05, 0) is 36.0 Å². The molecule has 9 heteroatoms. The number of likely N-dealkylation sites (tertiary alicyclic amines) is 1. The summed E-state index contributed by atoms with van der Waals surface area (Å²) in [7, 11) is 3.13. The van der Waals surface area contributed by atoms with Gasteiger partial charge in [-0.1, -0.05) is 43.1 Å². The maximum atomic E-state index is 13.1. The average molecular weight is 464 g/mol. The van der Waals surface area contributed by atoms with Crippen LogP contribution < -0.4 is 11.2 Å². The first kappa shape index (κ1) is 22.1. The van der Waals surface area contributed by atoms with Gasteiger partial charge in [-0.15, -0.1) is 0 Å². The molecule has 7 nitrogen and oxygen atoms in total. The van der Waals surface area contributed by atoms with Crippen molar-refractivity contribution in [1.82, 2.24) is 23.6 Å². The van der Waals surface area contributed by atoms with E-state index in [0.29, 0.717) is 46.1 Å². The summed E-state index contributed by atoms with van der Waals surface area (Å²) >= 11 is 12.5. The highest BCUT2D eigenvalue weighted by molar-refractivity contribution is 6.35. The fourth-order valence-electron chi connectivity index (χ4n) is 4.72. The molecule has 1 saturated heterocycles. The van der Waals surface area contributed by atoms with Crippen LogP contribution in [0.3, 0.4) is 0 Å². The fraction of sp³-hybridized carbons (Fsp3) is 0.500. The molecule has 2 atom stereocenters. The van der Waals surface area contributed by atoms with Crippen molar-refractivity contribution in [2.24, 2.45) is 25.9 Å². The van der Waals surface area contributed by atoms with Crippen LogP contribution in [-0.2, 0) is 27.2 Å². The lowest BCUT2D eigenvalue weighted by molar-refractivity contribution is 0.130. The second-order valence-electron chi connectivity index (χ2n) is 8.87. The first-order valence-corrected chi connectivity index (χ1v) is 11.2. The lowest BCUT2D eigenvalue weighted by Gasteiger charge is -2.34. The van der Waals surface area contributed by atoms with Crippen molar-refractivity contribution in [1.29, 1.82) is 0 Å². The minimum Gasteiger partial charge on any atom is -0.316 e. The zero-order valence-corrected chi connectivity index (χ0v) is 19.7. The average Bonchev–Trinajstić information content (AvgIpc) is 3.04. The maximum Gasteiger partial charge on any atom is 0.332 e. The van der Waals surface area contributed by atoms with E-state index in [1.807, 2.05) is 10.6 Å². The molecule has 3 aromatic rings. The van der Waals surface area contributed by atoms with Crippen molar-refractivity contribution in [3.63, 3.8) is 0 Å². The summed E-state index contributed by atoms with van der Waals surface area (Å²) in [6.45, 7) is 7.45. The lowest BCUT2D eigenvalue weighted by Crippen LogP contribution is -2.39. The molecule has 2 unspecified atom stereocenters. The largest absolute Gasteiger partial charge is 0.332 e. The Kier molecular flexibility index (Phi) is 6.03. The number of aromatic nitrogens is 4. The maximum absolute atomic E-state index is 13.1. The highest BCUT2D eigenvalue weighted by atomic mass is 35.5. The second-order valence-corrected chi connectivity index (χ2v) is 9.71. The molecule has 1 fully saturated rings. The number of aryl methyl sites for hydroxylation is 1. The van der Waals surface area contributed by atoms with Gasteiger partial charge in [0.05, 0.1) is 13.1 Å². The number of rotatable bonds is 4. The first-order valence-electron chi connectivity index (χ1n) is 10.5. The molecule has 3 heterocycles. The smallest absolute Gasteiger partial charge is 0.316 e. The van der Waals surface area contributed by atoms with Crippen LogP contribution in [-0.4, -0.2) is 36.7 Å². The van der Waals surface area contributed by atoms with Crippen LogP contribution in [0.5, 0.6) is 0 Å². The molecule has 0 spiro atoms. The number of piperidine rings is 1. The third kappa shape index (κ3) is 4.19. The molecule has 4 rings (SSSR count). The van der Waals surface area contributed by atoms with Crippen molar-refractivity contribution >= 4 is 34.4 Å². The Morgan fingerprint density at radius 2 is 1.71 bits per heavy atom. The van der Waals surface area contributed by atoms with Crippen molar-refractivity contribution in [3.05, 3.63) is 60.5 Å². The molecule has 1 aromatic carbocycles. The number of benzene rings is 1. The van der Waals surface area contributed by atoms with Gasteiger partial charge in [-0.25, -0.2) is 9.78 Å². The second kappa shape index (κ2) is 8.45. The summed E-state index contributed by atoms with van der Waals surface area (Å²) in [6, 6.07) is 5.33. The van der Waals surface area contributed by atoms with Gasteiger partial charge in [0, 0.05) is 37.2 Å². The van der Waals surface area contributed by atoms with E-state index < -0.39 is 5.69 Å². The van der Waals surface area contributed by atoms with Gasteiger partial charge in [0.2, 0.25) is 0 Å². The van der Waals surface area contributed by atoms with Crippen LogP contribution in [0.1, 0.15) is 31.7 Å². The zero-order chi connectivity index (χ0) is 22.4. The molecule has 31 heavy (non-hydrogen) atoms. The van der Waals surface area contributed by atoms with Crippen LogP contribution in [0.4, 0.5) is 0 Å². The van der Waals surface area contributed by atoms with Gasteiger partial charge in [-0.2, -0.15) is 0 Å². The van der Waals surface area contributed by atoms with Gasteiger partial charge >= 0.3 is 5.69 Å². The van der Waals surface area contributed by atoms with Crippen LogP contribution in [0.2, 0.25) is 10.0 Å². The zero-order valence-electron chi connectivity index (χ0n) is 18.2. The van der Waals surface area contributed by atoms with Crippen molar-refractivity contribution in [2.75, 3.05) is 13.1 Å². The standard InChI is InChI=1S/C22H27Cl2N5O2/c1-13-7-14(2)10-28(9-13)12-18-25-20-19(21(30)27(4)22(31)26(20)3)29(18)11-15-5-6-16(23)8-17(15)24/h5-6,8,13-14H,7,9-12H2,1-4H3. The van der Waals surface area contributed by atoms with Gasteiger partial charge in [-0.3, -0.25) is 18.8 Å². The van der Waals surface area contributed by atoms with Crippen LogP contribution in [0.15, 0.2) is 27.8 Å². The van der Waals surface area contributed by atoms with Crippen LogP contribution in [0, 0.1) is 11.8 Å². The molecule has 0 aliphatic carbocycles. The molecular weight excluding hydrogens is 437 g/mol. The van der Waals surface area contributed by atoms with E-state index in [1.54, 1.807) is 19.2 Å². The summed E-state index contributed by atoms with van der Waals surface area (Å²) in [5.74, 6) is 1.95. The fourth-order valence-corrected chi connectivity index (χ4v) is 5.19. The van der Waals surface area contributed by atoms with Crippen LogP contribution >= 0.6 is 23.2 Å². The molecule has 0 N–H and O–H groups in total. The Morgan fingerprint density at radius 1 is 1.03 bits per heavy atom. The van der Waals surface area contributed by atoms with E-state index in [-0.39, 0.29) is 5.56 Å². The third-order valence-electron chi connectivity index (χ3n) is 6.08. The number of hydrogen-bond acceptors (Lipinski definition) is 4. The Hall–Kier alpha value is -2.09. The minimum atomic E-state index is -0.390. The van der Waals surface area contributed by atoms with E-state index in [1.165, 1.54) is 18.0 Å². The Morgan fingerprint density at radius 3 is 2.35 bits per heavy atom. The molecule has 0 saturated carbocycles. The van der Waals surface area contributed by atoms with E-state index >= 15 is 0 Å². The Balaban J connectivity index is 1.87. The Labute approximate surface area is 190 Å². The number of halogens is 2. The molecule has 1 aliphatic heterocycles. The summed E-state index contributed by atoms with van der Waals surface area (Å²) in [5, 5.41) is 1.08. The topological polar surface area (TPSA) is 65.1 Å². The summed E-state index contributed by atoms with van der Waals surface area (Å²) in [5.41, 5.74) is 0.888. The molecule has 1 aliphatic rings. The predicted molar refractivity (Wildman–Crippen MR) is 124 cm³/mol. The number of fused-ring (bicyclic) bond motifs is 1. The lowest BCUT2D eigenvalue weighted by atomic mass is 9.92. The molecule has 2 aromatic heterocycles. The van der Waals surface area contributed by atoms with E-state index in [9.17, 15) is 9.59 Å². The normalized spacial score (nSPS) is 19.9. The van der Waals surface area contributed by atoms with Gasteiger partial charge < -0.3 is 4.57 Å². The number of nitrogens with zero attached hydrogens (tertiary/aromatic N) is 5. The number of imidazole rings is 1. The van der Waals surface area contributed by atoms with Crippen molar-refractivity contribution in [3.8, 4) is 0 Å². The third-order valence-corrected chi connectivity index (χ3v) is 6.67. The monoisotopic (exact) mass is 463 g/mol. The van der Waals surface area contributed by atoms with Gasteiger partial charge in [0.25, 0.3) is 5.56 Å². The highest BCUT2D eigenvalue weighted by Gasteiger charge is 2.25. The molecule has 0 radical (unpaired) electrons. The van der Waals surface area contributed by atoms with Crippen molar-refractivity contribution in [2.45, 2.75) is 33.4 Å². The molecular formula is C22H27Cl2N5O2. The molecule has 0 amide bonds. The van der Waals surface area contributed by atoms with E-state index in [4.69, 9.17) is 28.2 Å². The van der Waals surface area contributed by atoms with Gasteiger partial charge in [0.15, 0.2) is 11.2 Å². The summed E-state index contributed by atoms with van der Waals surface area (Å²) in [6.07, 6.45) is 1.21. The predicted octanol–water partition coefficient (Wildman–Crippen LogP) is 3.27. The quantitative estimate of drug-likeness (QED) is 0.595.